The van der Waals surface area contributed by atoms with Gasteiger partial charge in [0.15, 0.2) is 0 Å². The average molecular weight is 618 g/mol. The van der Waals surface area contributed by atoms with Crippen molar-refractivity contribution in [3.63, 3.8) is 0 Å². The van der Waals surface area contributed by atoms with Crippen LogP contribution in [0.3, 0.4) is 0 Å². The lowest BCUT2D eigenvalue weighted by Gasteiger charge is -2.26. The maximum Gasteiger partial charge on any atom is 0.137 e. The van der Waals surface area contributed by atoms with Crippen LogP contribution >= 0.6 is 0 Å². The predicted molar refractivity (Wildman–Crippen MR) is 196 cm³/mol. The Morgan fingerprint density at radius 2 is 1.31 bits per heavy atom. The molecule has 0 radical (unpaired) electrons. The van der Waals surface area contributed by atoms with E-state index in [0.717, 1.165) is 45.8 Å². The number of hydrogen-bond acceptors (Lipinski definition) is 4. The molecule has 5 nitrogen and oxygen atoms in total. The summed E-state index contributed by atoms with van der Waals surface area (Å²) in [4.78, 5) is 15.7. The number of benzene rings is 4. The summed E-state index contributed by atoms with van der Waals surface area (Å²) in [6.07, 6.45) is 17.3. The molecule has 8 aromatic rings. The molecule has 4 aromatic heterocycles. The van der Waals surface area contributed by atoms with Gasteiger partial charge in [-0.05, 0) is 106 Å². The average Bonchev–Trinajstić information content (AvgIpc) is 3.60. The third kappa shape index (κ3) is 5.21. The van der Waals surface area contributed by atoms with E-state index in [1.54, 1.807) is 0 Å². The second-order valence-corrected chi connectivity index (χ2v) is 12.3. The number of fused-ring (bicyclic) bond motifs is 3. The van der Waals surface area contributed by atoms with E-state index < -0.39 is 0 Å². The SMILES string of the molecule is C1=c2ccncc2=CCC1c1ccc(N(c2ccc(-c3ccc4cnccc4c3)cc2)c2ccc(-c3cn4ccccc4n3)cc2)cc1. The van der Waals surface area contributed by atoms with Crippen LogP contribution in [0.15, 0.2) is 159 Å². The van der Waals surface area contributed by atoms with E-state index in [0.29, 0.717) is 5.92 Å². The summed E-state index contributed by atoms with van der Waals surface area (Å²) in [5, 5.41) is 4.80. The Bertz CT molecular complexity index is 2500. The highest BCUT2D eigenvalue weighted by atomic mass is 15.1. The number of rotatable bonds is 6. The zero-order valence-electron chi connectivity index (χ0n) is 26.2. The second kappa shape index (κ2) is 11.8. The van der Waals surface area contributed by atoms with Crippen molar-refractivity contribution in [1.82, 2.24) is 19.4 Å². The Morgan fingerprint density at radius 3 is 2.10 bits per heavy atom. The van der Waals surface area contributed by atoms with Crippen molar-refractivity contribution in [3.8, 4) is 22.4 Å². The molecule has 0 aliphatic heterocycles. The van der Waals surface area contributed by atoms with Crippen LogP contribution in [0.25, 0.3) is 51.0 Å². The first-order valence-electron chi connectivity index (χ1n) is 16.3. The largest absolute Gasteiger partial charge is 0.311 e. The lowest BCUT2D eigenvalue weighted by atomic mass is 9.91. The smallest absolute Gasteiger partial charge is 0.137 e. The Hall–Kier alpha value is -6.33. The molecule has 0 bridgehead atoms. The maximum atomic E-state index is 4.84. The van der Waals surface area contributed by atoms with Gasteiger partial charge in [-0.25, -0.2) is 4.98 Å². The second-order valence-electron chi connectivity index (χ2n) is 12.3. The van der Waals surface area contributed by atoms with Crippen LogP contribution in [0, 0.1) is 0 Å². The van der Waals surface area contributed by atoms with Gasteiger partial charge in [-0.1, -0.05) is 66.7 Å². The minimum absolute atomic E-state index is 0.337. The first kappa shape index (κ1) is 27.9. The molecule has 0 fully saturated rings. The number of nitrogens with zero attached hydrogens (tertiary/aromatic N) is 5. The molecular formula is C43H31N5. The van der Waals surface area contributed by atoms with Crippen molar-refractivity contribution in [2.45, 2.75) is 12.3 Å². The first-order chi connectivity index (χ1) is 23.7. The molecule has 1 unspecified atom stereocenters. The third-order valence-corrected chi connectivity index (χ3v) is 9.32. The Kier molecular flexibility index (Phi) is 6.86. The molecule has 0 amide bonds. The number of imidazole rings is 1. The van der Waals surface area contributed by atoms with Crippen LogP contribution in [0.2, 0.25) is 0 Å². The molecule has 4 heterocycles. The van der Waals surface area contributed by atoms with E-state index in [-0.39, 0.29) is 0 Å². The fraction of sp³-hybridized carbons (Fsp3) is 0.0465. The van der Waals surface area contributed by atoms with Crippen LogP contribution in [0.1, 0.15) is 17.9 Å². The molecule has 1 aliphatic carbocycles. The molecular weight excluding hydrogens is 587 g/mol. The van der Waals surface area contributed by atoms with E-state index in [9.17, 15) is 0 Å². The van der Waals surface area contributed by atoms with Gasteiger partial charge < -0.3 is 9.30 Å². The van der Waals surface area contributed by atoms with Crippen molar-refractivity contribution >= 4 is 45.6 Å². The number of aromatic nitrogens is 4. The molecule has 9 rings (SSSR count). The molecule has 5 heteroatoms. The van der Waals surface area contributed by atoms with Gasteiger partial charge in [-0.3, -0.25) is 9.97 Å². The number of hydrogen-bond donors (Lipinski definition) is 0. The van der Waals surface area contributed by atoms with Crippen LogP contribution in [0.5, 0.6) is 0 Å². The Labute approximate surface area is 278 Å². The monoisotopic (exact) mass is 617 g/mol. The number of anilines is 3. The molecule has 0 spiro atoms. The lowest BCUT2D eigenvalue weighted by Crippen LogP contribution is -2.28. The van der Waals surface area contributed by atoms with Gasteiger partial charge in [0.2, 0.25) is 0 Å². The third-order valence-electron chi connectivity index (χ3n) is 9.32. The van der Waals surface area contributed by atoms with Crippen LogP contribution in [-0.2, 0) is 0 Å². The van der Waals surface area contributed by atoms with E-state index in [1.165, 1.54) is 32.5 Å². The quantitative estimate of drug-likeness (QED) is 0.187. The summed E-state index contributed by atoms with van der Waals surface area (Å²) >= 11 is 0. The molecule has 4 aromatic carbocycles. The van der Waals surface area contributed by atoms with Gasteiger partial charge in [-0.2, -0.15) is 0 Å². The maximum absolute atomic E-state index is 4.84. The van der Waals surface area contributed by atoms with Gasteiger partial charge in [0.25, 0.3) is 0 Å². The minimum atomic E-state index is 0.337. The zero-order valence-corrected chi connectivity index (χ0v) is 26.2. The normalized spacial score (nSPS) is 13.9. The molecule has 0 N–H and O–H groups in total. The van der Waals surface area contributed by atoms with E-state index in [4.69, 9.17) is 4.98 Å². The first-order valence-corrected chi connectivity index (χ1v) is 16.3. The van der Waals surface area contributed by atoms with Gasteiger partial charge in [0, 0.05) is 71.1 Å². The highest BCUT2D eigenvalue weighted by Crippen LogP contribution is 2.38. The molecule has 48 heavy (non-hydrogen) atoms. The summed E-state index contributed by atoms with van der Waals surface area (Å²) in [5.41, 5.74) is 9.93. The van der Waals surface area contributed by atoms with Crippen molar-refractivity contribution in [3.05, 3.63) is 175 Å². The van der Waals surface area contributed by atoms with Gasteiger partial charge in [0.1, 0.15) is 5.65 Å². The molecule has 1 aliphatic rings. The molecule has 0 saturated heterocycles. The Morgan fingerprint density at radius 1 is 0.604 bits per heavy atom. The fourth-order valence-corrected chi connectivity index (χ4v) is 6.75. The van der Waals surface area contributed by atoms with Gasteiger partial charge in [-0.15, -0.1) is 0 Å². The molecule has 0 saturated carbocycles. The van der Waals surface area contributed by atoms with Crippen molar-refractivity contribution in [2.75, 3.05) is 4.90 Å². The standard InChI is InChI=1S/C43H31N5/c1-2-24-47-29-42(46-43(47)3-1)32-12-18-41(19-13-32)48(39-14-8-30(9-15-39)33-4-6-37-27-44-22-20-35(37)25-33)40-16-10-31(11-17-40)34-5-7-38-28-45-23-21-36(38)26-34/h1-4,6-29,34H,5H2. The highest BCUT2D eigenvalue weighted by molar-refractivity contribution is 5.87. The zero-order chi connectivity index (χ0) is 31.9. The lowest BCUT2D eigenvalue weighted by molar-refractivity contribution is 0.918. The van der Waals surface area contributed by atoms with Crippen LogP contribution in [0.4, 0.5) is 17.1 Å². The van der Waals surface area contributed by atoms with Gasteiger partial charge >= 0.3 is 0 Å². The highest BCUT2D eigenvalue weighted by Gasteiger charge is 2.16. The summed E-state index contributed by atoms with van der Waals surface area (Å²) in [6.45, 7) is 0. The summed E-state index contributed by atoms with van der Waals surface area (Å²) in [6, 6.07) is 43.3. The van der Waals surface area contributed by atoms with Crippen molar-refractivity contribution < 1.29 is 0 Å². The van der Waals surface area contributed by atoms with E-state index >= 15 is 0 Å². The predicted octanol–water partition coefficient (Wildman–Crippen LogP) is 8.83. The number of pyridine rings is 3. The molecule has 228 valence electrons. The van der Waals surface area contributed by atoms with E-state index in [1.807, 2.05) is 49.2 Å². The summed E-state index contributed by atoms with van der Waals surface area (Å²) in [5.74, 6) is 0.337. The topological polar surface area (TPSA) is 46.3 Å². The van der Waals surface area contributed by atoms with Crippen molar-refractivity contribution in [1.29, 1.82) is 0 Å². The molecule has 1 atom stereocenters. The van der Waals surface area contributed by atoms with Crippen LogP contribution < -0.4 is 15.3 Å². The summed E-state index contributed by atoms with van der Waals surface area (Å²) < 4.78 is 2.06. The van der Waals surface area contributed by atoms with Crippen LogP contribution in [-0.4, -0.2) is 19.4 Å². The van der Waals surface area contributed by atoms with Gasteiger partial charge in [0.05, 0.1) is 5.69 Å². The fourth-order valence-electron chi connectivity index (χ4n) is 6.75. The summed E-state index contributed by atoms with van der Waals surface area (Å²) in [7, 11) is 0. The Balaban J connectivity index is 1.07. The minimum Gasteiger partial charge on any atom is -0.311 e. The van der Waals surface area contributed by atoms with E-state index in [2.05, 4.69) is 141 Å². The van der Waals surface area contributed by atoms with Crippen molar-refractivity contribution in [2.24, 2.45) is 0 Å².